The van der Waals surface area contributed by atoms with E-state index in [1.165, 1.54) is 11.1 Å². The first-order chi connectivity index (χ1) is 14.6. The summed E-state index contributed by atoms with van der Waals surface area (Å²) in [4.78, 5) is 4.33. The molecule has 0 radical (unpaired) electrons. The van der Waals surface area contributed by atoms with Crippen LogP contribution in [-0.4, -0.2) is 29.8 Å². The molecule has 154 valence electrons. The molecule has 0 bridgehead atoms. The number of hydrogen-bond acceptors (Lipinski definition) is 5. The Morgan fingerprint density at radius 3 is 2.57 bits per heavy atom. The largest absolute Gasteiger partial charge is 0.383 e. The summed E-state index contributed by atoms with van der Waals surface area (Å²) in [5.74, 6) is 0.394. The third-order valence-corrected chi connectivity index (χ3v) is 5.69. The minimum Gasteiger partial charge on any atom is -0.383 e. The third-order valence-electron chi connectivity index (χ3n) is 5.69. The quantitative estimate of drug-likeness (QED) is 0.469. The molecule has 1 saturated heterocycles. The van der Waals surface area contributed by atoms with Crippen LogP contribution in [0.5, 0.6) is 0 Å². The van der Waals surface area contributed by atoms with Crippen LogP contribution in [-0.2, 0) is 6.42 Å². The number of rotatable bonds is 6. The highest BCUT2D eigenvalue weighted by molar-refractivity contribution is 6.17. The summed E-state index contributed by atoms with van der Waals surface area (Å²) in [7, 11) is 0. The zero-order chi connectivity index (χ0) is 20.9. The standard InChI is InChI=1S/C25H29N5/c1-17-15-29-25(27)22(24(17)30-21-8-5-13-28-16-21)23(26)20-11-9-19(10-12-20)14-18-6-3-2-4-7-18/h2-4,6-7,9-12,15,21,26,28H,5,8,13-14,16H2,1H3,(H3,27,29,30). The van der Waals surface area contributed by atoms with Gasteiger partial charge < -0.3 is 16.4 Å². The molecule has 0 amide bonds. The Morgan fingerprint density at radius 1 is 1.13 bits per heavy atom. The molecule has 1 fully saturated rings. The van der Waals surface area contributed by atoms with Gasteiger partial charge in [0.1, 0.15) is 5.82 Å². The normalized spacial score (nSPS) is 16.2. The van der Waals surface area contributed by atoms with Gasteiger partial charge in [0.2, 0.25) is 0 Å². The Kier molecular flexibility index (Phi) is 6.10. The van der Waals surface area contributed by atoms with Gasteiger partial charge in [0.05, 0.1) is 17.0 Å². The monoisotopic (exact) mass is 399 g/mol. The minimum absolute atomic E-state index is 0.332. The second kappa shape index (κ2) is 9.09. The Bertz CT molecular complexity index is 1010. The van der Waals surface area contributed by atoms with Gasteiger partial charge in [-0.05, 0) is 49.4 Å². The SMILES string of the molecule is Cc1cnc(N)c(C(=N)c2ccc(Cc3ccccc3)cc2)c1NC1CCCNC1. The van der Waals surface area contributed by atoms with Crippen molar-refractivity contribution in [2.24, 2.45) is 0 Å². The van der Waals surface area contributed by atoms with Crippen LogP contribution in [0.25, 0.3) is 0 Å². The van der Waals surface area contributed by atoms with Crippen molar-refractivity contribution in [2.75, 3.05) is 24.1 Å². The molecule has 1 aromatic heterocycles. The van der Waals surface area contributed by atoms with Crippen molar-refractivity contribution in [3.63, 3.8) is 0 Å². The maximum atomic E-state index is 8.88. The first-order valence-corrected chi connectivity index (χ1v) is 10.6. The molecule has 4 rings (SSSR count). The zero-order valence-electron chi connectivity index (χ0n) is 17.4. The number of benzene rings is 2. The minimum atomic E-state index is 0.332. The lowest BCUT2D eigenvalue weighted by Gasteiger charge is -2.27. The molecular formula is C25H29N5. The first-order valence-electron chi connectivity index (χ1n) is 10.6. The van der Waals surface area contributed by atoms with Gasteiger partial charge in [-0.2, -0.15) is 0 Å². The smallest absolute Gasteiger partial charge is 0.134 e. The molecule has 0 spiro atoms. The van der Waals surface area contributed by atoms with Gasteiger partial charge in [-0.25, -0.2) is 4.98 Å². The summed E-state index contributed by atoms with van der Waals surface area (Å²) >= 11 is 0. The van der Waals surface area contributed by atoms with Gasteiger partial charge in [-0.1, -0.05) is 54.6 Å². The predicted molar refractivity (Wildman–Crippen MR) is 125 cm³/mol. The lowest BCUT2D eigenvalue weighted by atomic mass is 9.96. The Morgan fingerprint density at radius 2 is 1.87 bits per heavy atom. The van der Waals surface area contributed by atoms with E-state index in [9.17, 15) is 0 Å². The van der Waals surface area contributed by atoms with E-state index in [1.54, 1.807) is 6.20 Å². The van der Waals surface area contributed by atoms with Crippen molar-refractivity contribution in [1.82, 2.24) is 10.3 Å². The van der Waals surface area contributed by atoms with Crippen molar-refractivity contribution in [3.05, 3.63) is 88.6 Å². The molecule has 5 N–H and O–H groups in total. The molecule has 5 heteroatoms. The number of pyridine rings is 1. The van der Waals surface area contributed by atoms with Crippen LogP contribution >= 0.6 is 0 Å². The number of piperidine rings is 1. The van der Waals surface area contributed by atoms with Crippen molar-refractivity contribution in [2.45, 2.75) is 32.2 Å². The summed E-state index contributed by atoms with van der Waals surface area (Å²) in [5, 5.41) is 15.9. The average Bonchev–Trinajstić information content (AvgIpc) is 2.78. The van der Waals surface area contributed by atoms with Crippen molar-refractivity contribution >= 4 is 17.2 Å². The summed E-state index contributed by atoms with van der Waals surface area (Å²) in [5.41, 5.74) is 12.6. The van der Waals surface area contributed by atoms with E-state index in [2.05, 4.69) is 52.0 Å². The molecule has 1 aliphatic heterocycles. The van der Waals surface area contributed by atoms with E-state index >= 15 is 0 Å². The molecular weight excluding hydrogens is 370 g/mol. The number of anilines is 2. The highest BCUT2D eigenvalue weighted by atomic mass is 15.0. The summed E-state index contributed by atoms with van der Waals surface area (Å²) in [6.45, 7) is 4.00. The van der Waals surface area contributed by atoms with Crippen LogP contribution in [0.1, 0.15) is 40.7 Å². The molecule has 2 heterocycles. The van der Waals surface area contributed by atoms with Gasteiger partial charge >= 0.3 is 0 Å². The van der Waals surface area contributed by atoms with Crippen molar-refractivity contribution in [1.29, 1.82) is 5.41 Å². The zero-order valence-corrected chi connectivity index (χ0v) is 17.4. The van der Waals surface area contributed by atoms with Crippen LogP contribution in [0.3, 0.4) is 0 Å². The molecule has 5 nitrogen and oxygen atoms in total. The second-order valence-electron chi connectivity index (χ2n) is 8.00. The van der Waals surface area contributed by atoms with Crippen LogP contribution in [0.15, 0.2) is 60.8 Å². The summed E-state index contributed by atoms with van der Waals surface area (Å²) < 4.78 is 0. The molecule has 1 unspecified atom stereocenters. The van der Waals surface area contributed by atoms with E-state index in [-0.39, 0.29) is 0 Å². The maximum absolute atomic E-state index is 8.88. The summed E-state index contributed by atoms with van der Waals surface area (Å²) in [6.07, 6.45) is 4.92. The van der Waals surface area contributed by atoms with Crippen molar-refractivity contribution < 1.29 is 0 Å². The molecule has 1 aliphatic rings. The molecule has 1 atom stereocenters. The topological polar surface area (TPSA) is 86.8 Å². The van der Waals surface area contributed by atoms with Crippen LogP contribution in [0.2, 0.25) is 0 Å². The highest BCUT2D eigenvalue weighted by Crippen LogP contribution is 2.29. The number of nitrogen functional groups attached to an aromatic ring is 1. The summed E-state index contributed by atoms with van der Waals surface area (Å²) in [6, 6.07) is 18.9. The fourth-order valence-corrected chi connectivity index (χ4v) is 4.00. The van der Waals surface area contributed by atoms with E-state index in [0.29, 0.717) is 23.1 Å². The first kappa shape index (κ1) is 20.1. The predicted octanol–water partition coefficient (Wildman–Crippen LogP) is 4.14. The highest BCUT2D eigenvalue weighted by Gasteiger charge is 2.21. The van der Waals surface area contributed by atoms with Gasteiger partial charge in [0.15, 0.2) is 0 Å². The fourth-order valence-electron chi connectivity index (χ4n) is 4.00. The number of nitrogens with two attached hydrogens (primary N) is 1. The lowest BCUT2D eigenvalue weighted by Crippen LogP contribution is -2.39. The maximum Gasteiger partial charge on any atom is 0.134 e. The molecule has 3 aromatic rings. The number of nitrogens with zero attached hydrogens (tertiary/aromatic N) is 1. The fraction of sp³-hybridized carbons (Fsp3) is 0.280. The van der Waals surface area contributed by atoms with Gasteiger partial charge in [0.25, 0.3) is 0 Å². The lowest BCUT2D eigenvalue weighted by molar-refractivity contribution is 0.479. The van der Waals surface area contributed by atoms with Crippen LogP contribution < -0.4 is 16.4 Å². The van der Waals surface area contributed by atoms with Gasteiger partial charge in [-0.3, -0.25) is 5.41 Å². The Labute approximate surface area is 178 Å². The van der Waals surface area contributed by atoms with E-state index in [0.717, 1.165) is 49.2 Å². The van der Waals surface area contributed by atoms with Gasteiger partial charge in [-0.15, -0.1) is 0 Å². The number of hydrogen-bond donors (Lipinski definition) is 4. The van der Waals surface area contributed by atoms with E-state index in [1.807, 2.05) is 25.1 Å². The number of aromatic nitrogens is 1. The van der Waals surface area contributed by atoms with E-state index < -0.39 is 0 Å². The van der Waals surface area contributed by atoms with Gasteiger partial charge in [0, 0.05) is 24.3 Å². The number of nitrogens with one attached hydrogen (secondary N) is 3. The number of aryl methyl sites for hydroxylation is 1. The van der Waals surface area contributed by atoms with Crippen LogP contribution in [0.4, 0.5) is 11.5 Å². The second-order valence-corrected chi connectivity index (χ2v) is 8.00. The molecule has 0 aliphatic carbocycles. The Balaban J connectivity index is 1.58. The van der Waals surface area contributed by atoms with Crippen molar-refractivity contribution in [3.8, 4) is 0 Å². The molecule has 0 saturated carbocycles. The molecule has 2 aromatic carbocycles. The van der Waals surface area contributed by atoms with E-state index in [4.69, 9.17) is 11.1 Å². The van der Waals surface area contributed by atoms with Crippen LogP contribution in [0, 0.1) is 12.3 Å². The molecule has 30 heavy (non-hydrogen) atoms. The average molecular weight is 400 g/mol. The Hall–Kier alpha value is -3.18. The third kappa shape index (κ3) is 4.52.